The number of aliphatic hydroxyl groups is 2. The van der Waals surface area contributed by atoms with E-state index in [0.29, 0.717) is 12.5 Å². The summed E-state index contributed by atoms with van der Waals surface area (Å²) in [5.41, 5.74) is 0.194. The third kappa shape index (κ3) is 14.3. The number of hydrogen-bond donors (Lipinski definition) is 2. The Kier molecular flexibility index (Phi) is 15.3. The van der Waals surface area contributed by atoms with E-state index in [1.54, 1.807) is 0 Å². The summed E-state index contributed by atoms with van der Waals surface area (Å²) in [5, 5.41) is 18.7. The highest BCUT2D eigenvalue weighted by Gasteiger charge is 2.22. The number of allylic oxidation sites excluding steroid dienone is 8. The van der Waals surface area contributed by atoms with Gasteiger partial charge in [-0.3, -0.25) is 0 Å². The summed E-state index contributed by atoms with van der Waals surface area (Å²) in [5.74, 6) is 0.412. The zero-order valence-corrected chi connectivity index (χ0v) is 27.0. The van der Waals surface area contributed by atoms with Gasteiger partial charge in [-0.25, -0.2) is 0 Å². The molecule has 0 aliphatic carbocycles. The Hall–Kier alpha value is -0.680. The second-order valence-electron chi connectivity index (χ2n) is 12.6. The quantitative estimate of drug-likeness (QED) is 0.212. The fourth-order valence-electron chi connectivity index (χ4n) is 4.51. The molecule has 0 radical (unpaired) electrons. The monoisotopic (exact) mass is 548 g/mol. The molecule has 0 aromatic rings. The molecule has 2 N–H and O–H groups in total. The van der Waals surface area contributed by atoms with Gasteiger partial charge in [0.25, 0.3) is 0 Å². The average molecular weight is 549 g/mol. The van der Waals surface area contributed by atoms with Gasteiger partial charge in [0.15, 0.2) is 0 Å². The van der Waals surface area contributed by atoms with E-state index in [0.717, 1.165) is 32.1 Å². The van der Waals surface area contributed by atoms with Crippen molar-refractivity contribution >= 4 is 23.5 Å². The Morgan fingerprint density at radius 3 is 1.68 bits per heavy atom. The van der Waals surface area contributed by atoms with Crippen molar-refractivity contribution in [3.63, 3.8) is 0 Å². The molecule has 0 fully saturated rings. The molecule has 0 bridgehead atoms. The molecular weight excluding hydrogens is 492 g/mol. The van der Waals surface area contributed by atoms with Crippen LogP contribution in [-0.4, -0.2) is 23.4 Å². The zero-order valence-electron chi connectivity index (χ0n) is 25.3. The molecule has 2 aliphatic rings. The second kappa shape index (κ2) is 16.4. The van der Waals surface area contributed by atoms with E-state index in [1.807, 2.05) is 37.4 Å². The molecule has 0 aromatic carbocycles. The van der Waals surface area contributed by atoms with Crippen molar-refractivity contribution in [3.8, 4) is 0 Å². The van der Waals surface area contributed by atoms with E-state index >= 15 is 0 Å². The zero-order chi connectivity index (χ0) is 28.1. The minimum Gasteiger partial charge on any atom is -0.396 e. The van der Waals surface area contributed by atoms with Gasteiger partial charge in [-0.2, -0.15) is 0 Å². The highest BCUT2D eigenvalue weighted by molar-refractivity contribution is 8.07. The van der Waals surface area contributed by atoms with Gasteiger partial charge in [-0.1, -0.05) is 123 Å². The van der Waals surface area contributed by atoms with Crippen molar-refractivity contribution in [2.75, 3.05) is 13.2 Å². The van der Waals surface area contributed by atoms with E-state index in [1.165, 1.54) is 38.9 Å². The van der Waals surface area contributed by atoms with E-state index in [-0.39, 0.29) is 22.9 Å². The largest absolute Gasteiger partial charge is 0.396 e. The highest BCUT2D eigenvalue weighted by Crippen LogP contribution is 2.44. The molecular formula is C33H56O2S2. The number of hydrogen-bond acceptors (Lipinski definition) is 4. The molecule has 2 rings (SSSR count). The summed E-state index contributed by atoms with van der Waals surface area (Å²) in [6.45, 7) is 20.2. The Labute approximate surface area is 238 Å². The molecule has 0 aromatic heterocycles. The first-order valence-corrected chi connectivity index (χ1v) is 16.1. The van der Waals surface area contributed by atoms with Crippen LogP contribution in [0.1, 0.15) is 114 Å². The van der Waals surface area contributed by atoms with Crippen LogP contribution >= 0.6 is 23.5 Å². The van der Waals surface area contributed by atoms with Gasteiger partial charge in [0.1, 0.15) is 0 Å². The second-order valence-corrected chi connectivity index (χ2v) is 15.0. The lowest BCUT2D eigenvalue weighted by molar-refractivity contribution is 0.147. The van der Waals surface area contributed by atoms with E-state index in [4.69, 9.17) is 0 Å². The molecule has 212 valence electrons. The topological polar surface area (TPSA) is 40.5 Å². The van der Waals surface area contributed by atoms with Crippen LogP contribution in [0.4, 0.5) is 0 Å². The summed E-state index contributed by atoms with van der Waals surface area (Å²) in [6, 6.07) is 0. The third-order valence-corrected chi connectivity index (χ3v) is 8.79. The van der Waals surface area contributed by atoms with Gasteiger partial charge in [-0.05, 0) is 71.8 Å². The number of rotatable bonds is 14. The summed E-state index contributed by atoms with van der Waals surface area (Å²) in [4.78, 5) is 5.64. The molecule has 37 heavy (non-hydrogen) atoms. The maximum Gasteiger partial charge on any atom is 0.0482 e. The highest BCUT2D eigenvalue weighted by atomic mass is 32.2. The molecule has 4 heteroatoms. The van der Waals surface area contributed by atoms with Gasteiger partial charge in [0.2, 0.25) is 0 Å². The molecule has 2 heterocycles. The Morgan fingerprint density at radius 1 is 0.784 bits per heavy atom. The number of thioether (sulfide) groups is 2. The van der Waals surface area contributed by atoms with Crippen molar-refractivity contribution in [2.24, 2.45) is 22.2 Å². The predicted molar refractivity (Wildman–Crippen MR) is 170 cm³/mol. The summed E-state index contributed by atoms with van der Waals surface area (Å²) < 4.78 is 0. The first kappa shape index (κ1) is 34.3. The Balaban J connectivity index is 0.00000334. The summed E-state index contributed by atoms with van der Waals surface area (Å²) >= 11 is 3.85. The molecule has 0 amide bonds. The van der Waals surface area contributed by atoms with Crippen LogP contribution in [0.3, 0.4) is 0 Å². The lowest BCUT2D eigenvalue weighted by Crippen LogP contribution is -2.16. The van der Waals surface area contributed by atoms with E-state index < -0.39 is 0 Å². The van der Waals surface area contributed by atoms with Gasteiger partial charge < -0.3 is 10.2 Å². The maximum absolute atomic E-state index is 9.50. The Morgan fingerprint density at radius 2 is 1.24 bits per heavy atom. The number of aliphatic hydroxyl groups excluding tert-OH is 2. The van der Waals surface area contributed by atoms with Gasteiger partial charge >= 0.3 is 0 Å². The van der Waals surface area contributed by atoms with Crippen molar-refractivity contribution in [1.82, 2.24) is 0 Å². The summed E-state index contributed by atoms with van der Waals surface area (Å²) in [7, 11) is 0. The van der Waals surface area contributed by atoms with E-state index in [9.17, 15) is 10.2 Å². The van der Waals surface area contributed by atoms with Crippen molar-refractivity contribution in [3.05, 3.63) is 56.1 Å². The Bertz CT molecular complexity index is 840. The molecule has 1 unspecified atom stereocenters. The minimum absolute atomic E-state index is 0.0332. The predicted octanol–water partition coefficient (Wildman–Crippen LogP) is 10.4. The van der Waals surface area contributed by atoms with Crippen molar-refractivity contribution in [1.29, 1.82) is 0 Å². The normalized spacial score (nSPS) is 19.9. The lowest BCUT2D eigenvalue weighted by atomic mass is 9.87. The minimum atomic E-state index is 0.0332. The summed E-state index contributed by atoms with van der Waals surface area (Å²) in [6.07, 6.45) is 23.4. The lowest BCUT2D eigenvalue weighted by Gasteiger charge is -2.26. The fraction of sp³-hybridized carbons (Fsp3) is 0.697. The molecule has 2 aliphatic heterocycles. The first-order chi connectivity index (χ1) is 17.3. The fourth-order valence-corrected chi connectivity index (χ4v) is 7.33. The van der Waals surface area contributed by atoms with Gasteiger partial charge in [-0.15, -0.1) is 0 Å². The van der Waals surface area contributed by atoms with Crippen molar-refractivity contribution < 1.29 is 10.2 Å². The standard InChI is InChI=1S/C31H50O2S2.C2H6/c1-24(22-32)12-8-9-13-25-18-30(4,5)20-27(34-25)15-16-28-21-31(6,7)19-26(35-28)14-10-11-17-29(2,3)23-33;1-2/h15-16,18-21,24,32-33H,8-14,17,22-23H2,1-7H3;1-2H3/b16-15-;. The van der Waals surface area contributed by atoms with Crippen LogP contribution in [0, 0.1) is 22.2 Å². The van der Waals surface area contributed by atoms with Gasteiger partial charge in [0.05, 0.1) is 0 Å². The van der Waals surface area contributed by atoms with Crippen LogP contribution in [0.15, 0.2) is 56.1 Å². The SMILES string of the molecule is CC.CC(CO)CCCCC1=CC(C)(C)C=C(/C=C\C2=CC(C)(C)C=C(CCCCC(C)(C)CO)S2)S1. The third-order valence-electron chi connectivity index (χ3n) is 6.64. The van der Waals surface area contributed by atoms with Crippen LogP contribution in [0.25, 0.3) is 0 Å². The van der Waals surface area contributed by atoms with E-state index in [2.05, 4.69) is 84.9 Å². The molecule has 0 spiro atoms. The molecule has 1 atom stereocenters. The van der Waals surface area contributed by atoms with Crippen molar-refractivity contribution in [2.45, 2.75) is 114 Å². The molecule has 0 saturated heterocycles. The van der Waals surface area contributed by atoms with Crippen LogP contribution in [0.2, 0.25) is 0 Å². The maximum atomic E-state index is 9.50. The average Bonchev–Trinajstić information content (AvgIpc) is 2.82. The smallest absolute Gasteiger partial charge is 0.0482 e. The van der Waals surface area contributed by atoms with Crippen LogP contribution in [-0.2, 0) is 0 Å². The molecule has 2 nitrogen and oxygen atoms in total. The van der Waals surface area contributed by atoms with Gasteiger partial charge in [0, 0.05) is 33.9 Å². The molecule has 0 saturated carbocycles. The first-order valence-electron chi connectivity index (χ1n) is 14.5. The van der Waals surface area contributed by atoms with Crippen LogP contribution in [0.5, 0.6) is 0 Å². The number of unbranched alkanes of at least 4 members (excludes halogenated alkanes) is 2. The van der Waals surface area contributed by atoms with Crippen LogP contribution < -0.4 is 0 Å².